The first kappa shape index (κ1) is 25.1. The first-order chi connectivity index (χ1) is 18.4. The van der Waals surface area contributed by atoms with Gasteiger partial charge in [0.05, 0.1) is 31.3 Å². The molecule has 0 aromatic carbocycles. The molecule has 4 heterocycles. The van der Waals surface area contributed by atoms with Crippen LogP contribution in [0.5, 0.6) is 11.8 Å². The number of nitrogens with zero attached hydrogens (tertiary/aromatic N) is 5. The number of amides is 2. The molecule has 1 aliphatic rings. The number of carbonyl (C=O) groups is 2. The van der Waals surface area contributed by atoms with E-state index in [1.165, 1.54) is 33.3 Å². The van der Waals surface area contributed by atoms with Crippen molar-refractivity contribution in [2.24, 2.45) is 5.92 Å². The molecule has 11 nitrogen and oxygen atoms in total. The smallest absolute Gasteiger partial charge is 0.257 e. The van der Waals surface area contributed by atoms with E-state index in [0.29, 0.717) is 46.8 Å². The molecule has 1 saturated carbocycles. The lowest BCUT2D eigenvalue weighted by Gasteiger charge is -2.25. The lowest BCUT2D eigenvalue weighted by Crippen LogP contribution is -2.25. The van der Waals surface area contributed by atoms with Crippen LogP contribution in [0, 0.1) is 12.8 Å². The summed E-state index contributed by atoms with van der Waals surface area (Å²) in [5.41, 5.74) is 3.54. The normalized spacial score (nSPS) is 13.1. The van der Waals surface area contributed by atoms with E-state index in [9.17, 15) is 9.59 Å². The number of aromatic nitrogens is 5. The Labute approximate surface area is 219 Å². The van der Waals surface area contributed by atoms with Crippen molar-refractivity contribution < 1.29 is 19.1 Å². The quantitative estimate of drug-likeness (QED) is 0.346. The number of fused-ring (bicyclic) bond motifs is 1. The number of hydrogen-bond acceptors (Lipinski definition) is 8. The Kier molecular flexibility index (Phi) is 7.16. The van der Waals surface area contributed by atoms with Crippen LogP contribution in [0.4, 0.5) is 5.82 Å². The molecule has 4 aromatic rings. The number of rotatable bonds is 9. The van der Waals surface area contributed by atoms with Gasteiger partial charge in [0.15, 0.2) is 11.5 Å². The third-order valence-electron chi connectivity index (χ3n) is 6.49. The van der Waals surface area contributed by atoms with Gasteiger partial charge in [-0.2, -0.15) is 5.10 Å². The molecule has 1 fully saturated rings. The highest BCUT2D eigenvalue weighted by Gasteiger charge is 2.21. The third-order valence-corrected chi connectivity index (χ3v) is 6.49. The van der Waals surface area contributed by atoms with Crippen molar-refractivity contribution in [2.45, 2.75) is 39.7 Å². The first-order valence-corrected chi connectivity index (χ1v) is 12.5. The van der Waals surface area contributed by atoms with E-state index in [-0.39, 0.29) is 29.8 Å². The van der Waals surface area contributed by atoms with E-state index in [1.54, 1.807) is 35.1 Å². The van der Waals surface area contributed by atoms with Crippen LogP contribution in [0.1, 0.15) is 47.8 Å². The third kappa shape index (κ3) is 5.41. The SMILES string of the molecule is COc1nc(C)c(-c2ccc3nc(NC(C)=O)cn3n2)cc1C(=O)NCc1cccnc1OCC1CCC1. The van der Waals surface area contributed by atoms with Gasteiger partial charge >= 0.3 is 0 Å². The summed E-state index contributed by atoms with van der Waals surface area (Å²) < 4.78 is 12.9. The first-order valence-electron chi connectivity index (χ1n) is 12.5. The van der Waals surface area contributed by atoms with Gasteiger partial charge in [0.2, 0.25) is 17.7 Å². The van der Waals surface area contributed by atoms with E-state index in [0.717, 1.165) is 5.56 Å². The fourth-order valence-electron chi connectivity index (χ4n) is 4.24. The van der Waals surface area contributed by atoms with Crippen molar-refractivity contribution in [1.29, 1.82) is 0 Å². The van der Waals surface area contributed by atoms with Gasteiger partial charge in [0, 0.05) is 30.8 Å². The Morgan fingerprint density at radius 3 is 2.74 bits per heavy atom. The van der Waals surface area contributed by atoms with E-state index in [2.05, 4.69) is 30.7 Å². The van der Waals surface area contributed by atoms with Crippen LogP contribution < -0.4 is 20.1 Å². The molecule has 11 heteroatoms. The molecule has 1 aliphatic carbocycles. The predicted octanol–water partition coefficient (Wildman–Crippen LogP) is 3.57. The largest absolute Gasteiger partial charge is 0.480 e. The van der Waals surface area contributed by atoms with Crippen LogP contribution in [-0.4, -0.2) is 50.1 Å². The van der Waals surface area contributed by atoms with Gasteiger partial charge in [-0.15, -0.1) is 0 Å². The number of ether oxygens (including phenoxy) is 2. The van der Waals surface area contributed by atoms with Crippen LogP contribution in [0.15, 0.2) is 42.7 Å². The molecular weight excluding hydrogens is 486 g/mol. The number of imidazole rings is 1. The maximum Gasteiger partial charge on any atom is 0.257 e. The van der Waals surface area contributed by atoms with Gasteiger partial charge < -0.3 is 20.1 Å². The highest BCUT2D eigenvalue weighted by atomic mass is 16.5. The highest BCUT2D eigenvalue weighted by molar-refractivity contribution is 5.97. The molecule has 196 valence electrons. The Hall–Kier alpha value is -4.54. The Balaban J connectivity index is 1.37. The second kappa shape index (κ2) is 10.8. The molecule has 0 aliphatic heterocycles. The zero-order valence-corrected chi connectivity index (χ0v) is 21.5. The predicted molar refractivity (Wildman–Crippen MR) is 140 cm³/mol. The minimum atomic E-state index is -0.346. The average Bonchev–Trinajstić information content (AvgIpc) is 3.27. The van der Waals surface area contributed by atoms with Crippen LogP contribution in [-0.2, 0) is 11.3 Å². The summed E-state index contributed by atoms with van der Waals surface area (Å²) in [5, 5.41) is 10.2. The summed E-state index contributed by atoms with van der Waals surface area (Å²) in [6, 6.07) is 9.00. The molecule has 0 bridgehead atoms. The van der Waals surface area contributed by atoms with Crippen molar-refractivity contribution in [3.05, 3.63) is 59.5 Å². The van der Waals surface area contributed by atoms with E-state index < -0.39 is 0 Å². The minimum absolute atomic E-state index is 0.216. The molecule has 0 atom stereocenters. The van der Waals surface area contributed by atoms with Gasteiger partial charge in [-0.1, -0.05) is 12.5 Å². The van der Waals surface area contributed by atoms with Gasteiger partial charge in [-0.25, -0.2) is 19.5 Å². The Morgan fingerprint density at radius 1 is 1.16 bits per heavy atom. The van der Waals surface area contributed by atoms with Crippen LogP contribution >= 0.6 is 0 Å². The highest BCUT2D eigenvalue weighted by Crippen LogP contribution is 2.29. The number of methoxy groups -OCH3 is 1. The number of hydrogen-bond donors (Lipinski definition) is 2. The Bertz CT molecular complexity index is 1500. The Morgan fingerprint density at radius 2 is 2.00 bits per heavy atom. The topological polar surface area (TPSA) is 133 Å². The standard InChI is InChI=1S/C27H29N7O4/c1-16-20(22-9-10-24-32-23(31-17(2)35)14-34(24)33-22)12-21(27(30-16)37-3)25(36)29-13-19-8-5-11-28-26(19)38-15-18-6-4-7-18/h5,8-12,14,18H,4,6-7,13,15H2,1-3H3,(H,29,36)(H,31,35). The van der Waals surface area contributed by atoms with Crippen LogP contribution in [0.2, 0.25) is 0 Å². The molecule has 2 N–H and O–H groups in total. The van der Waals surface area contributed by atoms with Gasteiger partial charge in [0.25, 0.3) is 5.91 Å². The summed E-state index contributed by atoms with van der Waals surface area (Å²) in [6.07, 6.45) is 6.92. The molecule has 0 saturated heterocycles. The van der Waals surface area contributed by atoms with E-state index >= 15 is 0 Å². The number of nitrogens with one attached hydrogen (secondary N) is 2. The molecule has 38 heavy (non-hydrogen) atoms. The summed E-state index contributed by atoms with van der Waals surface area (Å²) in [6.45, 7) is 4.12. The maximum atomic E-state index is 13.3. The summed E-state index contributed by atoms with van der Waals surface area (Å²) in [4.78, 5) is 37.8. The van der Waals surface area contributed by atoms with Crippen LogP contribution in [0.25, 0.3) is 16.9 Å². The average molecular weight is 516 g/mol. The molecule has 0 spiro atoms. The molecule has 2 amide bonds. The van der Waals surface area contributed by atoms with E-state index in [1.807, 2.05) is 19.1 Å². The van der Waals surface area contributed by atoms with E-state index in [4.69, 9.17) is 9.47 Å². The van der Waals surface area contributed by atoms with Crippen molar-refractivity contribution in [3.63, 3.8) is 0 Å². The zero-order valence-electron chi connectivity index (χ0n) is 21.5. The van der Waals surface area contributed by atoms with Crippen molar-refractivity contribution in [3.8, 4) is 23.0 Å². The summed E-state index contributed by atoms with van der Waals surface area (Å²) in [7, 11) is 1.48. The minimum Gasteiger partial charge on any atom is -0.480 e. The number of anilines is 1. The van der Waals surface area contributed by atoms with Crippen molar-refractivity contribution >= 4 is 23.3 Å². The number of aryl methyl sites for hydroxylation is 1. The van der Waals surface area contributed by atoms with Crippen molar-refractivity contribution in [2.75, 3.05) is 19.0 Å². The molecular formula is C27H29N7O4. The lowest BCUT2D eigenvalue weighted by atomic mass is 9.86. The number of carbonyl (C=O) groups excluding carboxylic acids is 2. The maximum absolute atomic E-state index is 13.3. The second-order valence-corrected chi connectivity index (χ2v) is 9.27. The fraction of sp³-hybridized carbons (Fsp3) is 0.333. The van der Waals surface area contributed by atoms with Gasteiger partial charge in [0.1, 0.15) is 5.56 Å². The van der Waals surface area contributed by atoms with Gasteiger partial charge in [-0.3, -0.25) is 9.59 Å². The summed E-state index contributed by atoms with van der Waals surface area (Å²) >= 11 is 0. The molecule has 0 unspecified atom stereocenters. The zero-order chi connectivity index (χ0) is 26.6. The molecule has 0 radical (unpaired) electrons. The van der Waals surface area contributed by atoms with Crippen molar-refractivity contribution in [1.82, 2.24) is 29.9 Å². The monoisotopic (exact) mass is 515 g/mol. The summed E-state index contributed by atoms with van der Waals surface area (Å²) in [5.74, 6) is 1.16. The number of pyridine rings is 2. The second-order valence-electron chi connectivity index (χ2n) is 9.27. The molecule has 5 rings (SSSR count). The molecule has 4 aromatic heterocycles. The lowest BCUT2D eigenvalue weighted by molar-refractivity contribution is -0.114. The van der Waals surface area contributed by atoms with Crippen LogP contribution in [0.3, 0.4) is 0 Å². The fourth-order valence-corrected chi connectivity index (χ4v) is 4.24. The van der Waals surface area contributed by atoms with Gasteiger partial charge in [-0.05, 0) is 49.9 Å².